The lowest BCUT2D eigenvalue weighted by atomic mass is 10.1. The molecule has 1 fully saturated rings. The van der Waals surface area contributed by atoms with Gasteiger partial charge in [0.1, 0.15) is 5.75 Å². The number of thioether (sulfide) groups is 1. The van der Waals surface area contributed by atoms with Gasteiger partial charge < -0.3 is 19.5 Å². The Morgan fingerprint density at radius 3 is 2.61 bits per heavy atom. The van der Waals surface area contributed by atoms with Crippen LogP contribution in [0.3, 0.4) is 0 Å². The van der Waals surface area contributed by atoms with Gasteiger partial charge in [0.15, 0.2) is 16.7 Å². The van der Waals surface area contributed by atoms with Gasteiger partial charge in [0.05, 0.1) is 35.4 Å². The topological polar surface area (TPSA) is 69.2 Å². The van der Waals surface area contributed by atoms with Crippen LogP contribution >= 0.6 is 23.4 Å². The Kier molecular flexibility index (Phi) is 7.87. The summed E-state index contributed by atoms with van der Waals surface area (Å²) in [6.45, 7) is 6.39. The molecule has 31 heavy (non-hydrogen) atoms. The van der Waals surface area contributed by atoms with E-state index < -0.39 is 0 Å². The van der Waals surface area contributed by atoms with Gasteiger partial charge in [0.25, 0.3) is 5.91 Å². The fraction of sp³-hybridized carbons (Fsp3) is 0.304. The molecule has 2 aromatic carbocycles. The van der Waals surface area contributed by atoms with Crippen LogP contribution in [0.4, 0.5) is 5.69 Å². The molecule has 0 bridgehead atoms. The third-order valence-electron chi connectivity index (χ3n) is 4.48. The number of nitrogens with one attached hydrogen (secondary N) is 1. The summed E-state index contributed by atoms with van der Waals surface area (Å²) in [5.74, 6) is 1.60. The van der Waals surface area contributed by atoms with Crippen LogP contribution in [-0.2, 0) is 4.79 Å². The molecule has 6 nitrogen and oxygen atoms in total. The highest BCUT2D eigenvalue weighted by Crippen LogP contribution is 2.39. The van der Waals surface area contributed by atoms with E-state index in [1.807, 2.05) is 51.1 Å². The van der Waals surface area contributed by atoms with E-state index in [1.165, 1.54) is 11.8 Å². The molecular formula is C23H25ClN2O4S. The molecule has 164 valence electrons. The number of rotatable bonds is 8. The Morgan fingerprint density at radius 1 is 1.23 bits per heavy atom. The van der Waals surface area contributed by atoms with Gasteiger partial charge in [-0.3, -0.25) is 4.79 Å². The van der Waals surface area contributed by atoms with Crippen molar-refractivity contribution in [2.45, 2.75) is 33.3 Å². The number of hydrogen-bond acceptors (Lipinski definition) is 6. The summed E-state index contributed by atoms with van der Waals surface area (Å²) in [4.78, 5) is 17.4. The van der Waals surface area contributed by atoms with Gasteiger partial charge in [-0.25, -0.2) is 4.99 Å². The Bertz CT molecular complexity index is 1010. The van der Waals surface area contributed by atoms with Gasteiger partial charge in [-0.05, 0) is 80.1 Å². The second-order valence-electron chi connectivity index (χ2n) is 6.78. The molecular weight excluding hydrogens is 436 g/mol. The second-order valence-corrected chi connectivity index (χ2v) is 8.22. The van der Waals surface area contributed by atoms with Crippen molar-refractivity contribution >= 4 is 46.2 Å². The van der Waals surface area contributed by atoms with E-state index in [4.69, 9.17) is 25.8 Å². The zero-order chi connectivity index (χ0) is 22.4. The SMILES string of the molecule is CCOc1cc(/C=C2/SC(=Nc3ccc(OC)cc3)NC2=O)cc(Cl)c1O[C@H](C)CC. The van der Waals surface area contributed by atoms with Crippen LogP contribution in [0.15, 0.2) is 46.3 Å². The number of amides is 1. The van der Waals surface area contributed by atoms with Crippen LogP contribution in [0.25, 0.3) is 6.08 Å². The number of amidine groups is 1. The first kappa shape index (κ1) is 23.0. The van der Waals surface area contributed by atoms with Crippen LogP contribution < -0.4 is 19.5 Å². The number of aliphatic imine (C=N–C) groups is 1. The average molecular weight is 461 g/mol. The minimum atomic E-state index is -0.216. The van der Waals surface area contributed by atoms with Gasteiger partial charge in [-0.2, -0.15) is 0 Å². The minimum absolute atomic E-state index is 0.00815. The summed E-state index contributed by atoms with van der Waals surface area (Å²) in [5, 5.41) is 3.73. The highest BCUT2D eigenvalue weighted by Gasteiger charge is 2.24. The van der Waals surface area contributed by atoms with E-state index in [-0.39, 0.29) is 12.0 Å². The van der Waals surface area contributed by atoms with Crippen molar-refractivity contribution in [3.05, 3.63) is 51.9 Å². The summed E-state index contributed by atoms with van der Waals surface area (Å²) < 4.78 is 16.8. The van der Waals surface area contributed by atoms with E-state index >= 15 is 0 Å². The maximum Gasteiger partial charge on any atom is 0.264 e. The van der Waals surface area contributed by atoms with Crippen molar-refractivity contribution in [2.24, 2.45) is 4.99 Å². The fourth-order valence-corrected chi connectivity index (χ4v) is 3.84. The molecule has 0 spiro atoms. The fourth-order valence-electron chi connectivity index (χ4n) is 2.74. The molecule has 1 amide bonds. The van der Waals surface area contributed by atoms with Crippen LogP contribution in [0.1, 0.15) is 32.8 Å². The standard InChI is InChI=1S/C23H25ClN2O4S/c1-5-14(3)30-21-18(24)11-15(12-19(21)29-6-2)13-20-22(27)26-23(31-20)25-16-7-9-17(28-4)10-8-16/h7-14H,5-6H2,1-4H3,(H,25,26,27)/b20-13+/t14-/m1/s1. The molecule has 0 radical (unpaired) electrons. The summed E-state index contributed by atoms with van der Waals surface area (Å²) in [5.41, 5.74) is 1.46. The zero-order valence-electron chi connectivity index (χ0n) is 17.9. The van der Waals surface area contributed by atoms with Crippen LogP contribution in [0.2, 0.25) is 5.02 Å². The molecule has 3 rings (SSSR count). The number of benzene rings is 2. The predicted molar refractivity (Wildman–Crippen MR) is 127 cm³/mol. The molecule has 1 aliphatic heterocycles. The first-order valence-corrected chi connectivity index (χ1v) is 11.2. The normalized spacial score (nSPS) is 17.0. The maximum absolute atomic E-state index is 12.4. The van der Waals surface area contributed by atoms with Crippen molar-refractivity contribution in [3.8, 4) is 17.2 Å². The number of ether oxygens (including phenoxy) is 3. The predicted octanol–water partition coefficient (Wildman–Crippen LogP) is 5.82. The van der Waals surface area contributed by atoms with Crippen molar-refractivity contribution in [1.82, 2.24) is 5.32 Å². The van der Waals surface area contributed by atoms with Gasteiger partial charge >= 0.3 is 0 Å². The lowest BCUT2D eigenvalue weighted by Gasteiger charge is -2.18. The van der Waals surface area contributed by atoms with Crippen LogP contribution in [0, 0.1) is 0 Å². The van der Waals surface area contributed by atoms with Gasteiger partial charge in [0.2, 0.25) is 0 Å². The minimum Gasteiger partial charge on any atom is -0.497 e. The number of methoxy groups -OCH3 is 1. The van der Waals surface area contributed by atoms with E-state index in [9.17, 15) is 4.79 Å². The lowest BCUT2D eigenvalue weighted by molar-refractivity contribution is -0.115. The Balaban J connectivity index is 1.84. The smallest absolute Gasteiger partial charge is 0.264 e. The highest BCUT2D eigenvalue weighted by atomic mass is 35.5. The van der Waals surface area contributed by atoms with Crippen molar-refractivity contribution in [3.63, 3.8) is 0 Å². The molecule has 1 heterocycles. The molecule has 0 aromatic heterocycles. The van der Waals surface area contributed by atoms with Crippen LogP contribution in [-0.4, -0.2) is 30.9 Å². The van der Waals surface area contributed by atoms with Gasteiger partial charge in [-0.1, -0.05) is 18.5 Å². The number of nitrogens with zero attached hydrogens (tertiary/aromatic N) is 1. The van der Waals surface area contributed by atoms with E-state index in [2.05, 4.69) is 10.3 Å². The first-order chi connectivity index (χ1) is 14.9. The van der Waals surface area contributed by atoms with Gasteiger partial charge in [0, 0.05) is 0 Å². The molecule has 1 atom stereocenters. The molecule has 1 saturated heterocycles. The summed E-state index contributed by atoms with van der Waals surface area (Å²) in [6, 6.07) is 10.9. The molecule has 0 unspecified atom stereocenters. The Morgan fingerprint density at radius 2 is 1.97 bits per heavy atom. The largest absolute Gasteiger partial charge is 0.497 e. The highest BCUT2D eigenvalue weighted by molar-refractivity contribution is 8.18. The van der Waals surface area contributed by atoms with Crippen molar-refractivity contribution in [2.75, 3.05) is 13.7 Å². The van der Waals surface area contributed by atoms with E-state index in [0.717, 1.165) is 23.4 Å². The third-order valence-corrected chi connectivity index (χ3v) is 5.67. The van der Waals surface area contributed by atoms with Crippen molar-refractivity contribution < 1.29 is 19.0 Å². The molecule has 0 aliphatic carbocycles. The average Bonchev–Trinajstić information content (AvgIpc) is 3.09. The third kappa shape index (κ3) is 5.95. The number of carbonyl (C=O) groups excluding carboxylic acids is 1. The number of carbonyl (C=O) groups is 1. The molecule has 1 aliphatic rings. The first-order valence-electron chi connectivity index (χ1n) is 10.00. The van der Waals surface area contributed by atoms with E-state index in [1.54, 1.807) is 19.3 Å². The molecule has 1 N–H and O–H groups in total. The van der Waals surface area contributed by atoms with E-state index in [0.29, 0.717) is 33.2 Å². The lowest BCUT2D eigenvalue weighted by Crippen LogP contribution is -2.19. The Hall–Kier alpha value is -2.64. The summed E-state index contributed by atoms with van der Waals surface area (Å²) in [6.07, 6.45) is 2.62. The summed E-state index contributed by atoms with van der Waals surface area (Å²) >= 11 is 7.74. The molecule has 8 heteroatoms. The second kappa shape index (κ2) is 10.6. The number of hydrogen-bond donors (Lipinski definition) is 1. The molecule has 2 aromatic rings. The van der Waals surface area contributed by atoms with Gasteiger partial charge in [-0.15, -0.1) is 0 Å². The molecule has 0 saturated carbocycles. The number of halogens is 1. The Labute approximate surface area is 191 Å². The van der Waals surface area contributed by atoms with Crippen LogP contribution in [0.5, 0.6) is 17.2 Å². The van der Waals surface area contributed by atoms with Crippen molar-refractivity contribution in [1.29, 1.82) is 0 Å². The monoisotopic (exact) mass is 460 g/mol. The summed E-state index contributed by atoms with van der Waals surface area (Å²) in [7, 11) is 1.61. The maximum atomic E-state index is 12.4. The quantitative estimate of drug-likeness (QED) is 0.503. The zero-order valence-corrected chi connectivity index (χ0v) is 19.5.